The Hall–Kier alpha value is -4.27. The molecule has 0 unspecified atom stereocenters. The third kappa shape index (κ3) is 4.96. The Labute approximate surface area is 227 Å². The van der Waals surface area contributed by atoms with Gasteiger partial charge in [0.05, 0.1) is 11.2 Å². The molecule has 2 aromatic heterocycles. The summed E-state index contributed by atoms with van der Waals surface area (Å²) in [6, 6.07) is 19.3. The van der Waals surface area contributed by atoms with Gasteiger partial charge in [0.1, 0.15) is 18.1 Å². The van der Waals surface area contributed by atoms with Gasteiger partial charge in [0, 0.05) is 25.0 Å². The molecule has 1 aliphatic heterocycles. The number of rotatable bonds is 5. The van der Waals surface area contributed by atoms with Gasteiger partial charge in [0.15, 0.2) is 0 Å². The number of nitrogens with zero attached hydrogens (tertiary/aromatic N) is 6. The molecule has 200 valence electrons. The van der Waals surface area contributed by atoms with Crippen LogP contribution in [0.3, 0.4) is 0 Å². The van der Waals surface area contributed by atoms with E-state index in [2.05, 4.69) is 10.1 Å². The first-order valence-electron chi connectivity index (χ1n) is 13.5. The Bertz CT molecular complexity index is 1510. The van der Waals surface area contributed by atoms with Crippen LogP contribution in [0.15, 0.2) is 67.0 Å². The van der Waals surface area contributed by atoms with Crippen molar-refractivity contribution < 1.29 is 14.3 Å². The van der Waals surface area contributed by atoms with E-state index in [0.29, 0.717) is 31.2 Å². The van der Waals surface area contributed by atoms with Crippen LogP contribution in [0.4, 0.5) is 0 Å². The van der Waals surface area contributed by atoms with Crippen LogP contribution >= 0.6 is 0 Å². The summed E-state index contributed by atoms with van der Waals surface area (Å²) in [5, 5.41) is 6.26. The maximum absolute atomic E-state index is 13.7. The lowest BCUT2D eigenvalue weighted by Crippen LogP contribution is -2.62. The van der Waals surface area contributed by atoms with E-state index in [1.54, 1.807) is 20.8 Å². The molecular formula is C30H32N6O3. The fourth-order valence-electron chi connectivity index (χ4n) is 5.58. The van der Waals surface area contributed by atoms with Gasteiger partial charge in [-0.1, -0.05) is 36.4 Å². The average molecular weight is 525 g/mol. The van der Waals surface area contributed by atoms with Crippen LogP contribution in [0, 0.1) is 0 Å². The first kappa shape index (κ1) is 25.0. The van der Waals surface area contributed by atoms with Gasteiger partial charge < -0.3 is 14.5 Å². The van der Waals surface area contributed by atoms with Gasteiger partial charge in [0.25, 0.3) is 11.8 Å². The Balaban J connectivity index is 1.20. The van der Waals surface area contributed by atoms with Gasteiger partial charge in [0.2, 0.25) is 11.7 Å². The largest absolute Gasteiger partial charge is 0.474 e. The zero-order valence-corrected chi connectivity index (χ0v) is 22.3. The molecule has 39 heavy (non-hydrogen) atoms. The lowest BCUT2D eigenvalue weighted by atomic mass is 9.98. The molecule has 0 N–H and O–H groups in total. The highest BCUT2D eigenvalue weighted by Gasteiger charge is 2.40. The number of benzene rings is 2. The van der Waals surface area contributed by atoms with E-state index in [9.17, 15) is 9.59 Å². The highest BCUT2D eigenvalue weighted by molar-refractivity contribution is 5.98. The molecule has 2 fully saturated rings. The fraction of sp³-hybridized carbons (Fsp3) is 0.367. The summed E-state index contributed by atoms with van der Waals surface area (Å²) in [7, 11) is 0. The van der Waals surface area contributed by atoms with Crippen molar-refractivity contribution in [3.63, 3.8) is 0 Å². The maximum Gasteiger partial charge on any atom is 0.294 e. The molecule has 0 spiro atoms. The lowest BCUT2D eigenvalue weighted by Gasteiger charge is -2.46. The Morgan fingerprint density at radius 1 is 0.949 bits per heavy atom. The third-order valence-corrected chi connectivity index (χ3v) is 7.64. The second-order valence-electron chi connectivity index (χ2n) is 10.9. The van der Waals surface area contributed by atoms with Crippen molar-refractivity contribution in [2.24, 2.45) is 0 Å². The number of ether oxygens (including phenoxy) is 1. The van der Waals surface area contributed by atoms with Crippen LogP contribution in [-0.2, 0) is 0 Å². The minimum Gasteiger partial charge on any atom is -0.474 e. The van der Waals surface area contributed by atoms with E-state index in [4.69, 9.17) is 9.72 Å². The first-order valence-corrected chi connectivity index (χ1v) is 13.5. The second-order valence-corrected chi connectivity index (χ2v) is 10.9. The van der Waals surface area contributed by atoms with E-state index in [1.165, 1.54) is 0 Å². The molecule has 1 saturated heterocycles. The quantitative estimate of drug-likeness (QED) is 0.381. The standard InChI is InChI=1S/C30H32N6O3/c1-30(2)19-34(16-17-35(30)29(38)26-31-20-36(33-26)22-11-4-3-5-12-22)28(37)25-18-21-10-6-9-15-24(21)27(32-25)39-23-13-7-8-14-23/h3-6,9-12,15,18,20,23H,7-8,13-14,16-17,19H2,1-2H3. The highest BCUT2D eigenvalue weighted by atomic mass is 16.5. The molecule has 0 radical (unpaired) electrons. The number of pyridine rings is 1. The summed E-state index contributed by atoms with van der Waals surface area (Å²) in [6.45, 7) is 5.05. The van der Waals surface area contributed by atoms with Crippen molar-refractivity contribution >= 4 is 22.6 Å². The normalized spacial score (nSPS) is 17.5. The zero-order valence-electron chi connectivity index (χ0n) is 22.3. The van der Waals surface area contributed by atoms with Gasteiger partial charge in [-0.15, -0.1) is 5.10 Å². The van der Waals surface area contributed by atoms with Crippen LogP contribution in [-0.4, -0.2) is 72.6 Å². The van der Waals surface area contributed by atoms with Gasteiger partial charge in [-0.3, -0.25) is 9.59 Å². The summed E-state index contributed by atoms with van der Waals surface area (Å²) in [4.78, 5) is 39.6. The number of amides is 2. The van der Waals surface area contributed by atoms with Crippen LogP contribution in [0.2, 0.25) is 0 Å². The number of fused-ring (bicyclic) bond motifs is 1. The molecule has 2 aliphatic rings. The predicted octanol–water partition coefficient (Wildman–Crippen LogP) is 4.51. The van der Waals surface area contributed by atoms with Crippen LogP contribution < -0.4 is 4.74 Å². The van der Waals surface area contributed by atoms with Gasteiger partial charge in [-0.2, -0.15) is 0 Å². The SMILES string of the molecule is CC1(C)CN(C(=O)c2cc3ccccc3c(OC3CCCC3)n2)CCN1C(=O)c1ncn(-c2ccccc2)n1. The summed E-state index contributed by atoms with van der Waals surface area (Å²) in [5.41, 5.74) is 0.571. The van der Waals surface area contributed by atoms with Crippen molar-refractivity contribution in [1.82, 2.24) is 29.5 Å². The van der Waals surface area contributed by atoms with Crippen LogP contribution in [0.5, 0.6) is 5.88 Å². The minimum atomic E-state index is -0.622. The smallest absolute Gasteiger partial charge is 0.294 e. The van der Waals surface area contributed by atoms with E-state index in [1.807, 2.05) is 74.5 Å². The Morgan fingerprint density at radius 2 is 1.69 bits per heavy atom. The number of para-hydroxylation sites is 1. The molecule has 0 bridgehead atoms. The average Bonchev–Trinajstić information content (AvgIpc) is 3.65. The minimum absolute atomic E-state index is 0.136. The fourth-order valence-corrected chi connectivity index (χ4v) is 5.58. The van der Waals surface area contributed by atoms with Gasteiger partial charge >= 0.3 is 0 Å². The van der Waals surface area contributed by atoms with Crippen molar-refractivity contribution in [3.05, 3.63) is 78.5 Å². The molecule has 1 saturated carbocycles. The van der Waals surface area contributed by atoms with Crippen LogP contribution in [0.25, 0.3) is 16.5 Å². The van der Waals surface area contributed by atoms with Crippen LogP contribution in [0.1, 0.15) is 60.6 Å². The predicted molar refractivity (Wildman–Crippen MR) is 147 cm³/mol. The van der Waals surface area contributed by atoms with Gasteiger partial charge in [-0.25, -0.2) is 14.6 Å². The van der Waals surface area contributed by atoms with Crippen molar-refractivity contribution in [1.29, 1.82) is 0 Å². The molecule has 2 amide bonds. The molecule has 6 rings (SSSR count). The monoisotopic (exact) mass is 524 g/mol. The molecule has 0 atom stereocenters. The topological polar surface area (TPSA) is 93.5 Å². The molecule has 2 aromatic carbocycles. The molecular weight excluding hydrogens is 492 g/mol. The summed E-state index contributed by atoms with van der Waals surface area (Å²) in [6.07, 6.45) is 6.01. The second kappa shape index (κ2) is 10.1. The maximum atomic E-state index is 13.7. The molecule has 3 heterocycles. The number of aromatic nitrogens is 4. The number of hydrogen-bond acceptors (Lipinski definition) is 6. The van der Waals surface area contributed by atoms with E-state index < -0.39 is 5.54 Å². The number of carbonyl (C=O) groups excluding carboxylic acids is 2. The Kier molecular flexibility index (Phi) is 6.50. The number of piperazine rings is 1. The molecule has 9 nitrogen and oxygen atoms in total. The first-order chi connectivity index (χ1) is 18.9. The molecule has 4 aromatic rings. The zero-order chi connectivity index (χ0) is 27.0. The lowest BCUT2D eigenvalue weighted by molar-refractivity contribution is 0.0158. The summed E-state index contributed by atoms with van der Waals surface area (Å²) in [5.74, 6) is 0.245. The van der Waals surface area contributed by atoms with Crippen molar-refractivity contribution in [2.45, 2.75) is 51.2 Å². The Morgan fingerprint density at radius 3 is 2.46 bits per heavy atom. The van der Waals surface area contributed by atoms with Crippen molar-refractivity contribution in [2.75, 3.05) is 19.6 Å². The number of hydrogen-bond donors (Lipinski definition) is 0. The van der Waals surface area contributed by atoms with Gasteiger partial charge in [-0.05, 0) is 69.2 Å². The van der Waals surface area contributed by atoms with E-state index >= 15 is 0 Å². The molecule has 9 heteroatoms. The summed E-state index contributed by atoms with van der Waals surface area (Å²) >= 11 is 0. The summed E-state index contributed by atoms with van der Waals surface area (Å²) < 4.78 is 7.88. The van der Waals surface area contributed by atoms with E-state index in [0.717, 1.165) is 42.1 Å². The highest BCUT2D eigenvalue weighted by Crippen LogP contribution is 2.30. The number of carbonyl (C=O) groups is 2. The third-order valence-electron chi connectivity index (χ3n) is 7.64. The van der Waals surface area contributed by atoms with E-state index in [-0.39, 0.29) is 23.7 Å². The van der Waals surface area contributed by atoms with Crippen molar-refractivity contribution in [3.8, 4) is 11.6 Å². The molecule has 1 aliphatic carbocycles.